The van der Waals surface area contributed by atoms with Gasteiger partial charge in [-0.15, -0.1) is 23.2 Å². The fraction of sp³-hybridized carbons (Fsp3) is 0.345. The van der Waals surface area contributed by atoms with Crippen LogP contribution in [0.3, 0.4) is 0 Å². The van der Waals surface area contributed by atoms with Gasteiger partial charge in [0.25, 0.3) is 0 Å². The Morgan fingerprint density at radius 1 is 0.653 bits per heavy atom. The number of nitrogen functional groups attached to an aromatic ring is 2. The summed E-state index contributed by atoms with van der Waals surface area (Å²) in [6, 6.07) is 35.2. The van der Waals surface area contributed by atoms with Crippen molar-refractivity contribution in [1.82, 2.24) is 49.7 Å². The van der Waals surface area contributed by atoms with E-state index in [2.05, 4.69) is 32.2 Å². The van der Waals surface area contributed by atoms with Crippen molar-refractivity contribution in [2.24, 2.45) is 0 Å². The van der Waals surface area contributed by atoms with Crippen molar-refractivity contribution in [3.05, 3.63) is 122 Å². The Morgan fingerprint density at radius 2 is 1.16 bits per heavy atom. The highest BCUT2D eigenvalue weighted by Crippen LogP contribution is 2.36. The summed E-state index contributed by atoms with van der Waals surface area (Å²) < 4.78 is 20.9. The van der Waals surface area contributed by atoms with E-state index in [0.717, 1.165) is 103 Å². The van der Waals surface area contributed by atoms with Crippen molar-refractivity contribution in [2.75, 3.05) is 56.0 Å². The van der Waals surface area contributed by atoms with Crippen molar-refractivity contribution in [1.29, 1.82) is 0 Å². The number of piperidine rings is 2. The molecule has 3 aliphatic rings. The topological polar surface area (TPSA) is 216 Å². The molecule has 0 bridgehead atoms. The molecular formula is C55H61Cl3N12O5. The van der Waals surface area contributed by atoms with Crippen molar-refractivity contribution < 1.29 is 23.8 Å². The minimum absolute atomic E-state index is 0.000683. The second-order valence-corrected chi connectivity index (χ2v) is 19.3. The first-order valence-corrected chi connectivity index (χ1v) is 26.6. The molecule has 1 amide bonds. The first-order chi connectivity index (χ1) is 36.6. The van der Waals surface area contributed by atoms with Crippen LogP contribution in [0.4, 0.5) is 11.6 Å². The van der Waals surface area contributed by atoms with Gasteiger partial charge in [-0.3, -0.25) is 9.59 Å². The number of carbonyl (C=O) groups excluding carboxylic acids is 2. The summed E-state index contributed by atoms with van der Waals surface area (Å²) in [4.78, 5) is 41.4. The van der Waals surface area contributed by atoms with Gasteiger partial charge in [0.05, 0.1) is 29.0 Å². The van der Waals surface area contributed by atoms with Crippen molar-refractivity contribution in [3.8, 4) is 45.5 Å². The van der Waals surface area contributed by atoms with Crippen LogP contribution in [0, 0.1) is 0 Å². The third-order valence-electron chi connectivity index (χ3n) is 12.7. The number of para-hydroxylation sites is 2. The van der Waals surface area contributed by atoms with E-state index in [1.807, 2.05) is 123 Å². The zero-order chi connectivity index (χ0) is 52.5. The lowest BCUT2D eigenvalue weighted by molar-refractivity contribution is -0.132. The van der Waals surface area contributed by atoms with Gasteiger partial charge in [-0.05, 0) is 136 Å². The fourth-order valence-corrected chi connectivity index (χ4v) is 9.51. The molecule has 8 aromatic rings. The number of hydrogen-bond acceptors (Lipinski definition) is 14. The Balaban J connectivity index is 0.000000164. The van der Waals surface area contributed by atoms with E-state index < -0.39 is 0 Å². The normalized spacial score (nSPS) is 17.2. The molecule has 5 N–H and O–H groups in total. The number of halogens is 3. The van der Waals surface area contributed by atoms with Gasteiger partial charge in [0, 0.05) is 62.0 Å². The number of likely N-dealkylation sites (tertiary alicyclic amines) is 1. The average molecular weight is 1080 g/mol. The Hall–Kier alpha value is -6.89. The first kappa shape index (κ1) is 54.4. The number of fused-ring (bicyclic) bond motifs is 2. The molecule has 3 fully saturated rings. The summed E-state index contributed by atoms with van der Waals surface area (Å²) in [6.07, 6.45) is 10.6. The summed E-state index contributed by atoms with van der Waals surface area (Å²) in [5, 5.41) is 14.4. The predicted octanol–water partition coefficient (Wildman–Crippen LogP) is 11.0. The van der Waals surface area contributed by atoms with Crippen LogP contribution in [0.2, 0.25) is 0 Å². The molecule has 3 aliphatic heterocycles. The highest BCUT2D eigenvalue weighted by atomic mass is 35.5. The largest absolute Gasteiger partial charge is 0.457 e. The molecule has 0 aliphatic carbocycles. The molecule has 1 unspecified atom stereocenters. The number of ether oxygens (including phenoxy) is 3. The average Bonchev–Trinajstić information content (AvgIpc) is 4.20. The van der Waals surface area contributed by atoms with E-state index >= 15 is 0 Å². The maximum Gasteiger partial charge on any atom is 0.223 e. The van der Waals surface area contributed by atoms with Crippen LogP contribution in [0.15, 0.2) is 122 Å². The lowest BCUT2D eigenvalue weighted by Gasteiger charge is -2.33. The van der Waals surface area contributed by atoms with Gasteiger partial charge in [0.1, 0.15) is 58.7 Å². The number of rotatable bonds is 12. The minimum Gasteiger partial charge on any atom is -0.457 e. The molecule has 0 spiro atoms. The predicted molar refractivity (Wildman–Crippen MR) is 296 cm³/mol. The standard InChI is InChI=1S/C25H25ClN6O2.C22H22N6O.C5H10O.C3H4Cl2O/c26-13-12-21(33)31-14-4-5-18(15-31)32-25-22(24(27)28-16-29-25)23(30-32)17-8-10-20(11-9-17)34-19-6-2-1-3-7-19;23-21-19-20(15-8-10-18(11-9-15)29-17-6-2-1-3-7-17)27-28(22(19)26-14-25-21)16-5-4-12-24-13-16;1-5-3-2-4-6-5;4-2-1-3(5)6/h1-3,6-11,16,18H,4-5,12-15H2,(H2,27,28,29);1-3,6-11,14,16,24H,4-5,12-13H2,(H2,23,25,26);5H,2-4H2,1H3;1-2H2/t18-;16-;;/m11../s1. The van der Waals surface area contributed by atoms with Crippen molar-refractivity contribution in [3.63, 3.8) is 0 Å². The van der Waals surface area contributed by atoms with E-state index in [1.165, 1.54) is 25.5 Å². The SMILES string of the molecule is CC1CCCO1.Nc1ncnc2c1c(-c1ccc(Oc3ccccc3)cc1)nn2[C@@H]1CCCN(C(=O)CCCl)C1.Nc1ncnc2c1c(-c1ccc(Oc3ccccc3)cc1)nn2[C@@H]1CCCNC1.O=C(Cl)CCCl. The van der Waals surface area contributed by atoms with Crippen LogP contribution in [-0.4, -0.2) is 106 Å². The van der Waals surface area contributed by atoms with Gasteiger partial charge in [0.2, 0.25) is 11.1 Å². The summed E-state index contributed by atoms with van der Waals surface area (Å²) >= 11 is 15.7. The smallest absolute Gasteiger partial charge is 0.223 e. The second-order valence-electron chi connectivity index (χ2n) is 18.1. The lowest BCUT2D eigenvalue weighted by Crippen LogP contribution is -2.41. The molecule has 17 nitrogen and oxygen atoms in total. The third kappa shape index (κ3) is 14.5. The molecular weight excluding hydrogens is 1020 g/mol. The van der Waals surface area contributed by atoms with Gasteiger partial charge in [-0.1, -0.05) is 36.4 Å². The number of amides is 1. The monoisotopic (exact) mass is 1070 g/mol. The van der Waals surface area contributed by atoms with E-state index in [4.69, 9.17) is 70.7 Å². The number of nitrogens with two attached hydrogens (primary N) is 2. The quantitative estimate of drug-likeness (QED) is 0.0766. The Morgan fingerprint density at radius 3 is 1.59 bits per heavy atom. The number of benzene rings is 4. The summed E-state index contributed by atoms with van der Waals surface area (Å²) in [6.45, 7) is 6.33. The summed E-state index contributed by atoms with van der Waals surface area (Å²) in [7, 11) is 0. The lowest BCUT2D eigenvalue weighted by atomic mass is 10.1. The number of nitrogens with one attached hydrogen (secondary N) is 1. The minimum atomic E-state index is -0.370. The summed E-state index contributed by atoms with van der Waals surface area (Å²) in [5.41, 5.74) is 17.3. The zero-order valence-corrected chi connectivity index (χ0v) is 44.0. The Labute approximate surface area is 450 Å². The molecule has 4 aromatic heterocycles. The van der Waals surface area contributed by atoms with E-state index in [1.54, 1.807) is 0 Å². The number of hydrogen-bond donors (Lipinski definition) is 3. The number of anilines is 2. The molecule has 3 saturated heterocycles. The molecule has 11 rings (SSSR count). The van der Waals surface area contributed by atoms with Crippen LogP contribution in [-0.2, 0) is 14.3 Å². The van der Waals surface area contributed by atoms with Crippen molar-refractivity contribution >= 4 is 79.7 Å². The molecule has 75 heavy (non-hydrogen) atoms. The molecule has 392 valence electrons. The maximum atomic E-state index is 12.4. The van der Waals surface area contributed by atoms with Gasteiger partial charge in [-0.2, -0.15) is 10.2 Å². The highest BCUT2D eigenvalue weighted by molar-refractivity contribution is 6.63. The van der Waals surface area contributed by atoms with Gasteiger partial charge < -0.3 is 35.9 Å². The first-order valence-electron chi connectivity index (χ1n) is 25.1. The second kappa shape index (κ2) is 27.1. The van der Waals surface area contributed by atoms with Crippen LogP contribution in [0.1, 0.15) is 70.4 Å². The van der Waals surface area contributed by atoms with Crippen LogP contribution in [0.25, 0.3) is 44.6 Å². The zero-order valence-electron chi connectivity index (χ0n) is 41.7. The van der Waals surface area contributed by atoms with Gasteiger partial charge in [0.15, 0.2) is 11.3 Å². The van der Waals surface area contributed by atoms with Gasteiger partial charge >= 0.3 is 0 Å². The number of nitrogens with zero attached hydrogens (tertiary/aromatic N) is 9. The van der Waals surface area contributed by atoms with Crippen LogP contribution in [0.5, 0.6) is 23.0 Å². The van der Waals surface area contributed by atoms with Crippen molar-refractivity contribution in [2.45, 2.75) is 76.5 Å². The van der Waals surface area contributed by atoms with E-state index in [9.17, 15) is 9.59 Å². The molecule has 0 radical (unpaired) electrons. The van der Waals surface area contributed by atoms with Gasteiger partial charge in [-0.25, -0.2) is 29.3 Å². The molecule has 3 atom stereocenters. The van der Waals surface area contributed by atoms with E-state index in [0.29, 0.717) is 59.2 Å². The highest BCUT2D eigenvalue weighted by Gasteiger charge is 2.29. The van der Waals surface area contributed by atoms with Crippen LogP contribution < -0.4 is 26.3 Å². The third-order valence-corrected chi connectivity index (χ3v) is 13.3. The number of alkyl halides is 2. The van der Waals surface area contributed by atoms with Crippen LogP contribution >= 0.6 is 34.8 Å². The Kier molecular flexibility index (Phi) is 19.6. The Bertz CT molecular complexity index is 3080. The maximum absolute atomic E-state index is 12.4. The number of carbonyl (C=O) groups is 2. The van der Waals surface area contributed by atoms with E-state index in [-0.39, 0.29) is 29.7 Å². The number of aromatic nitrogens is 8. The molecule has 0 saturated carbocycles. The molecule has 7 heterocycles. The molecule has 4 aromatic carbocycles. The fourth-order valence-electron chi connectivity index (χ4n) is 8.99. The molecule has 20 heteroatoms. The summed E-state index contributed by atoms with van der Waals surface area (Å²) in [5.74, 6) is 4.61.